The molecule has 30 heavy (non-hydrogen) atoms. The van der Waals surface area contributed by atoms with E-state index in [4.69, 9.17) is 4.42 Å². The number of hydrogen-bond donors (Lipinski definition) is 2. The van der Waals surface area contributed by atoms with E-state index in [1.807, 2.05) is 0 Å². The zero-order valence-electron chi connectivity index (χ0n) is 15.8. The Balaban J connectivity index is 1.56. The minimum absolute atomic E-state index is 0.135. The molecule has 0 aliphatic carbocycles. The minimum atomic E-state index is -4.69. The molecule has 0 spiro atoms. The van der Waals surface area contributed by atoms with Gasteiger partial charge in [-0.1, -0.05) is 0 Å². The summed E-state index contributed by atoms with van der Waals surface area (Å²) in [4.78, 5) is 25.8. The maximum Gasteiger partial charge on any atom is 0.451 e. The monoisotopic (exact) mass is 421 g/mol. The number of anilines is 2. The third kappa shape index (κ3) is 3.54. The molecule has 0 unspecified atom stereocenters. The number of hydrogen-bond acceptors (Lipinski definition) is 8. The predicted molar refractivity (Wildman–Crippen MR) is 97.3 cm³/mol. The van der Waals surface area contributed by atoms with Crippen LogP contribution in [0.4, 0.5) is 24.9 Å². The Kier molecular flexibility index (Phi) is 4.40. The Morgan fingerprint density at radius 3 is 2.67 bits per heavy atom. The fourth-order valence-electron chi connectivity index (χ4n) is 2.52. The molecule has 0 saturated heterocycles. The molecular formula is C16H14F3N9O2. The zero-order valence-corrected chi connectivity index (χ0v) is 15.8. The van der Waals surface area contributed by atoms with Gasteiger partial charge in [-0.05, 0) is 25.1 Å². The lowest BCUT2D eigenvalue weighted by Crippen LogP contribution is -2.14. The number of aromatic amines is 1. The van der Waals surface area contributed by atoms with Gasteiger partial charge < -0.3 is 14.6 Å². The molecule has 14 heteroatoms. The van der Waals surface area contributed by atoms with Crippen molar-refractivity contribution < 1.29 is 22.4 Å². The smallest absolute Gasteiger partial charge is 0.423 e. The summed E-state index contributed by atoms with van der Waals surface area (Å²) < 4.78 is 44.6. The van der Waals surface area contributed by atoms with E-state index in [1.165, 1.54) is 6.92 Å². The number of H-pyrrole nitrogens is 1. The molecule has 4 aromatic rings. The molecule has 0 bridgehead atoms. The molecule has 0 radical (unpaired) electrons. The van der Waals surface area contributed by atoms with E-state index in [0.29, 0.717) is 22.8 Å². The number of carbonyl (C=O) groups is 1. The molecule has 3 aromatic heterocycles. The molecule has 1 amide bonds. The van der Waals surface area contributed by atoms with Crippen LogP contribution in [0.5, 0.6) is 0 Å². The van der Waals surface area contributed by atoms with Crippen molar-refractivity contribution in [2.75, 3.05) is 24.3 Å². The first-order valence-corrected chi connectivity index (χ1v) is 8.45. The van der Waals surface area contributed by atoms with E-state index in [9.17, 15) is 18.0 Å². The molecule has 0 fully saturated rings. The number of halogens is 3. The van der Waals surface area contributed by atoms with Crippen LogP contribution in [0.15, 0.2) is 22.6 Å². The lowest BCUT2D eigenvalue weighted by Gasteiger charge is -2.03. The van der Waals surface area contributed by atoms with Crippen molar-refractivity contribution in [1.82, 2.24) is 34.9 Å². The van der Waals surface area contributed by atoms with Gasteiger partial charge >= 0.3 is 6.18 Å². The van der Waals surface area contributed by atoms with Gasteiger partial charge in [-0.25, -0.2) is 4.98 Å². The SMILES string of the molecule is Cc1nc(C(=O)Nc2ccc3oc(N(C)C)nc3c2)nn1-c1n[nH]c(C(F)(F)F)n1. The van der Waals surface area contributed by atoms with E-state index in [0.717, 1.165) is 4.68 Å². The molecular weight excluding hydrogens is 407 g/mol. The van der Waals surface area contributed by atoms with Crippen LogP contribution in [0.3, 0.4) is 0 Å². The number of amides is 1. The van der Waals surface area contributed by atoms with Crippen molar-refractivity contribution in [1.29, 1.82) is 0 Å². The highest BCUT2D eigenvalue weighted by molar-refractivity contribution is 6.02. The average Bonchev–Trinajstić information content (AvgIpc) is 3.37. The van der Waals surface area contributed by atoms with Gasteiger partial charge in [-0.3, -0.25) is 9.89 Å². The molecule has 0 saturated carbocycles. The summed E-state index contributed by atoms with van der Waals surface area (Å²) >= 11 is 0. The number of carbonyl (C=O) groups excluding carboxylic acids is 1. The van der Waals surface area contributed by atoms with Gasteiger partial charge in [-0.15, -0.1) is 10.2 Å². The van der Waals surface area contributed by atoms with E-state index in [2.05, 4.69) is 30.5 Å². The Bertz CT molecular complexity index is 1240. The van der Waals surface area contributed by atoms with Crippen LogP contribution in [0.1, 0.15) is 22.3 Å². The molecule has 0 atom stereocenters. The van der Waals surface area contributed by atoms with Crippen LogP contribution in [0, 0.1) is 6.92 Å². The summed E-state index contributed by atoms with van der Waals surface area (Å²) in [6, 6.07) is 5.28. The summed E-state index contributed by atoms with van der Waals surface area (Å²) in [6.45, 7) is 1.46. The maximum atomic E-state index is 12.7. The lowest BCUT2D eigenvalue weighted by molar-refractivity contribution is -0.144. The average molecular weight is 421 g/mol. The second kappa shape index (κ2) is 6.82. The number of alkyl halides is 3. The summed E-state index contributed by atoms with van der Waals surface area (Å²) in [5.41, 5.74) is 1.49. The number of aryl methyl sites for hydroxylation is 1. The van der Waals surface area contributed by atoms with Gasteiger partial charge in [0.1, 0.15) is 11.3 Å². The first-order chi connectivity index (χ1) is 14.1. The third-order valence-corrected chi connectivity index (χ3v) is 3.92. The molecule has 0 aliphatic heterocycles. The van der Waals surface area contributed by atoms with Crippen molar-refractivity contribution in [2.45, 2.75) is 13.1 Å². The number of nitrogens with one attached hydrogen (secondary N) is 2. The zero-order chi connectivity index (χ0) is 21.6. The molecule has 1 aromatic carbocycles. The second-order valence-corrected chi connectivity index (χ2v) is 6.40. The topological polar surface area (TPSA) is 131 Å². The second-order valence-electron chi connectivity index (χ2n) is 6.40. The number of oxazole rings is 1. The van der Waals surface area contributed by atoms with Gasteiger partial charge in [-0.2, -0.15) is 27.8 Å². The third-order valence-electron chi connectivity index (χ3n) is 3.92. The molecule has 0 aliphatic rings. The van der Waals surface area contributed by atoms with Crippen molar-refractivity contribution in [3.8, 4) is 5.95 Å². The van der Waals surface area contributed by atoms with Crippen LogP contribution < -0.4 is 10.2 Å². The molecule has 2 N–H and O–H groups in total. The van der Waals surface area contributed by atoms with Crippen LogP contribution in [0.2, 0.25) is 0 Å². The number of rotatable bonds is 4. The quantitative estimate of drug-likeness (QED) is 0.513. The molecule has 156 valence electrons. The first-order valence-electron chi connectivity index (χ1n) is 8.45. The minimum Gasteiger partial charge on any atom is -0.423 e. The maximum absolute atomic E-state index is 12.7. The highest BCUT2D eigenvalue weighted by Crippen LogP contribution is 2.26. The molecule has 3 heterocycles. The summed E-state index contributed by atoms with van der Waals surface area (Å²) in [7, 11) is 3.56. The fraction of sp³-hybridized carbons (Fsp3) is 0.250. The summed E-state index contributed by atoms with van der Waals surface area (Å²) in [5, 5.41) is 11.8. The summed E-state index contributed by atoms with van der Waals surface area (Å²) in [6.07, 6.45) is -4.69. The van der Waals surface area contributed by atoms with E-state index >= 15 is 0 Å². The number of nitrogens with zero attached hydrogens (tertiary/aromatic N) is 7. The van der Waals surface area contributed by atoms with Crippen molar-refractivity contribution in [2.24, 2.45) is 0 Å². The van der Waals surface area contributed by atoms with Crippen LogP contribution in [-0.2, 0) is 6.18 Å². The Morgan fingerprint density at radius 2 is 2.00 bits per heavy atom. The Morgan fingerprint density at radius 1 is 1.23 bits per heavy atom. The van der Waals surface area contributed by atoms with Crippen LogP contribution in [-0.4, -0.2) is 54.9 Å². The van der Waals surface area contributed by atoms with Crippen LogP contribution >= 0.6 is 0 Å². The number of fused-ring (bicyclic) bond motifs is 1. The van der Waals surface area contributed by atoms with Gasteiger partial charge in [0.15, 0.2) is 5.58 Å². The number of aromatic nitrogens is 7. The fourth-order valence-corrected chi connectivity index (χ4v) is 2.52. The van der Waals surface area contributed by atoms with Gasteiger partial charge in [0.05, 0.1) is 0 Å². The molecule has 4 rings (SSSR count). The van der Waals surface area contributed by atoms with Crippen LogP contribution in [0.25, 0.3) is 17.0 Å². The van der Waals surface area contributed by atoms with Crippen molar-refractivity contribution >= 4 is 28.7 Å². The lowest BCUT2D eigenvalue weighted by atomic mass is 10.3. The summed E-state index contributed by atoms with van der Waals surface area (Å²) in [5.74, 6) is -2.46. The van der Waals surface area contributed by atoms with Gasteiger partial charge in [0, 0.05) is 19.8 Å². The normalized spacial score (nSPS) is 11.8. The van der Waals surface area contributed by atoms with Gasteiger partial charge in [0.25, 0.3) is 17.9 Å². The largest absolute Gasteiger partial charge is 0.451 e. The van der Waals surface area contributed by atoms with E-state index in [1.54, 1.807) is 42.3 Å². The standard InChI is InChI=1S/C16H14F3N9O2/c1-7-20-11(26-28(7)14-23-13(24-25-14)16(17,18)19)12(29)21-8-4-5-10-9(6-8)22-15(30-10)27(2)3/h4-6H,1-3H3,(H,21,29)(H,23,24,25). The molecule has 11 nitrogen and oxygen atoms in total. The predicted octanol–water partition coefficient (Wildman–Crippen LogP) is 2.17. The Hall–Kier alpha value is -3.97. The van der Waals surface area contributed by atoms with E-state index in [-0.39, 0.29) is 17.6 Å². The highest BCUT2D eigenvalue weighted by atomic mass is 19.4. The number of benzene rings is 1. The van der Waals surface area contributed by atoms with Crippen molar-refractivity contribution in [3.63, 3.8) is 0 Å². The van der Waals surface area contributed by atoms with Crippen molar-refractivity contribution in [3.05, 3.63) is 35.7 Å². The van der Waals surface area contributed by atoms with E-state index < -0.39 is 17.9 Å². The first kappa shape index (κ1) is 19.4. The Labute approximate surface area is 165 Å². The highest BCUT2D eigenvalue weighted by Gasteiger charge is 2.35. The van der Waals surface area contributed by atoms with Gasteiger partial charge in [0.2, 0.25) is 11.6 Å².